The predicted octanol–water partition coefficient (Wildman–Crippen LogP) is 6.13. The van der Waals surface area contributed by atoms with E-state index in [0.717, 1.165) is 81.7 Å². The quantitative estimate of drug-likeness (QED) is 0.466. The SMILES string of the molecule is C=C(c1ccc(-c2cnc(CCC3CCN(CC(C)(C)F)CC3)cn2)c(F)c1)N1CCCCC1. The van der Waals surface area contributed by atoms with Gasteiger partial charge in [-0.3, -0.25) is 9.97 Å². The summed E-state index contributed by atoms with van der Waals surface area (Å²) >= 11 is 0. The molecule has 0 atom stereocenters. The molecular formula is C28H38F2N4. The van der Waals surface area contributed by atoms with Gasteiger partial charge in [-0.15, -0.1) is 0 Å². The summed E-state index contributed by atoms with van der Waals surface area (Å²) in [7, 11) is 0. The first kappa shape index (κ1) is 24.8. The monoisotopic (exact) mass is 468 g/mol. The van der Waals surface area contributed by atoms with E-state index in [1.807, 2.05) is 6.07 Å². The van der Waals surface area contributed by atoms with Gasteiger partial charge in [0.1, 0.15) is 11.5 Å². The summed E-state index contributed by atoms with van der Waals surface area (Å²) in [6.07, 6.45) is 11.2. The fourth-order valence-corrected chi connectivity index (χ4v) is 5.19. The zero-order valence-corrected chi connectivity index (χ0v) is 20.7. The van der Waals surface area contributed by atoms with Crippen LogP contribution in [0.2, 0.25) is 0 Å². The average molecular weight is 469 g/mol. The van der Waals surface area contributed by atoms with Gasteiger partial charge in [0.05, 0.1) is 17.6 Å². The van der Waals surface area contributed by atoms with Crippen LogP contribution in [0.5, 0.6) is 0 Å². The van der Waals surface area contributed by atoms with Gasteiger partial charge in [-0.1, -0.05) is 12.6 Å². The lowest BCUT2D eigenvalue weighted by molar-refractivity contribution is 0.0942. The van der Waals surface area contributed by atoms with Gasteiger partial charge in [0.25, 0.3) is 0 Å². The molecule has 2 saturated heterocycles. The van der Waals surface area contributed by atoms with E-state index < -0.39 is 5.67 Å². The van der Waals surface area contributed by atoms with Crippen molar-refractivity contribution in [3.63, 3.8) is 0 Å². The van der Waals surface area contributed by atoms with Gasteiger partial charge in [-0.2, -0.15) is 0 Å². The van der Waals surface area contributed by atoms with E-state index >= 15 is 0 Å². The smallest absolute Gasteiger partial charge is 0.133 e. The van der Waals surface area contributed by atoms with Crippen molar-refractivity contribution >= 4 is 5.70 Å². The third-order valence-electron chi connectivity index (χ3n) is 7.14. The molecule has 1 aromatic carbocycles. The number of aryl methyl sites for hydroxylation is 1. The average Bonchev–Trinajstić information content (AvgIpc) is 2.83. The molecule has 0 N–H and O–H groups in total. The standard InChI is InChI=1S/C28H38F2N4/c1-21(34-13-5-4-6-14-34)23-8-10-25(26(29)17-23)27-19-31-24(18-32-27)9-7-22-11-15-33(16-12-22)20-28(2,3)30/h8,10,17-19,22H,1,4-7,9,11-16,20H2,2-3H3. The summed E-state index contributed by atoms with van der Waals surface area (Å²) < 4.78 is 28.8. The second-order valence-electron chi connectivity index (χ2n) is 10.6. The first-order valence-electron chi connectivity index (χ1n) is 12.7. The molecule has 2 fully saturated rings. The summed E-state index contributed by atoms with van der Waals surface area (Å²) in [5, 5.41) is 0. The van der Waals surface area contributed by atoms with E-state index in [1.54, 1.807) is 38.4 Å². The molecular weight excluding hydrogens is 430 g/mol. The summed E-state index contributed by atoms with van der Waals surface area (Å²) in [4.78, 5) is 13.5. The van der Waals surface area contributed by atoms with Crippen LogP contribution in [-0.2, 0) is 6.42 Å². The van der Waals surface area contributed by atoms with Crippen molar-refractivity contribution in [2.75, 3.05) is 32.7 Å². The van der Waals surface area contributed by atoms with Crippen LogP contribution in [0, 0.1) is 11.7 Å². The lowest BCUT2D eigenvalue weighted by Crippen LogP contribution is -2.41. The number of likely N-dealkylation sites (tertiary alicyclic amines) is 2. The summed E-state index contributed by atoms with van der Waals surface area (Å²) in [6, 6.07) is 5.29. The van der Waals surface area contributed by atoms with Gasteiger partial charge in [-0.25, -0.2) is 8.78 Å². The van der Waals surface area contributed by atoms with Crippen LogP contribution in [0.4, 0.5) is 8.78 Å². The Morgan fingerprint density at radius 2 is 1.79 bits per heavy atom. The molecule has 0 spiro atoms. The molecule has 34 heavy (non-hydrogen) atoms. The van der Waals surface area contributed by atoms with Crippen LogP contribution < -0.4 is 0 Å². The van der Waals surface area contributed by atoms with Crippen molar-refractivity contribution in [1.82, 2.24) is 19.8 Å². The number of halogens is 2. The number of hydrogen-bond donors (Lipinski definition) is 0. The van der Waals surface area contributed by atoms with Crippen molar-refractivity contribution in [2.45, 2.75) is 64.5 Å². The fraction of sp³-hybridized carbons (Fsp3) is 0.571. The van der Waals surface area contributed by atoms with Crippen molar-refractivity contribution in [2.24, 2.45) is 5.92 Å². The molecule has 184 valence electrons. The number of benzene rings is 1. The highest BCUT2D eigenvalue weighted by Gasteiger charge is 2.25. The summed E-state index contributed by atoms with van der Waals surface area (Å²) in [5.41, 5.74) is 2.55. The highest BCUT2D eigenvalue weighted by molar-refractivity contribution is 5.67. The number of aromatic nitrogens is 2. The van der Waals surface area contributed by atoms with Crippen LogP contribution >= 0.6 is 0 Å². The predicted molar refractivity (Wildman–Crippen MR) is 135 cm³/mol. The second kappa shape index (κ2) is 10.9. The zero-order chi connectivity index (χ0) is 24.1. The number of nitrogens with zero attached hydrogens (tertiary/aromatic N) is 4. The van der Waals surface area contributed by atoms with E-state index in [4.69, 9.17) is 0 Å². The van der Waals surface area contributed by atoms with Gasteiger partial charge in [0.15, 0.2) is 0 Å². The molecule has 0 radical (unpaired) electrons. The first-order valence-corrected chi connectivity index (χ1v) is 12.7. The van der Waals surface area contributed by atoms with Crippen molar-refractivity contribution in [3.05, 3.63) is 54.2 Å². The minimum atomic E-state index is -1.13. The molecule has 1 aromatic heterocycles. The number of alkyl halides is 1. The van der Waals surface area contributed by atoms with Crippen molar-refractivity contribution in [1.29, 1.82) is 0 Å². The molecule has 0 saturated carbocycles. The molecule has 0 bridgehead atoms. The minimum absolute atomic E-state index is 0.291. The van der Waals surface area contributed by atoms with E-state index in [2.05, 4.69) is 26.3 Å². The van der Waals surface area contributed by atoms with E-state index in [1.165, 1.54) is 6.42 Å². The van der Waals surface area contributed by atoms with Crippen LogP contribution in [0.3, 0.4) is 0 Å². The van der Waals surface area contributed by atoms with E-state index in [-0.39, 0.29) is 5.82 Å². The molecule has 0 amide bonds. The largest absolute Gasteiger partial charge is 0.372 e. The van der Waals surface area contributed by atoms with Gasteiger partial charge in [0.2, 0.25) is 0 Å². The van der Waals surface area contributed by atoms with E-state index in [9.17, 15) is 8.78 Å². The van der Waals surface area contributed by atoms with Crippen LogP contribution in [0.15, 0.2) is 37.2 Å². The third-order valence-corrected chi connectivity index (χ3v) is 7.14. The van der Waals surface area contributed by atoms with Crippen LogP contribution in [-0.4, -0.2) is 58.2 Å². The highest BCUT2D eigenvalue weighted by Crippen LogP contribution is 2.28. The van der Waals surface area contributed by atoms with Gasteiger partial charge >= 0.3 is 0 Å². The number of piperidine rings is 2. The Balaban J connectivity index is 1.30. The molecule has 6 heteroatoms. The first-order chi connectivity index (χ1) is 16.3. The molecule has 2 aliphatic heterocycles. The van der Waals surface area contributed by atoms with E-state index in [0.29, 0.717) is 23.7 Å². The Hall–Kier alpha value is -2.34. The Labute approximate surface area is 203 Å². The minimum Gasteiger partial charge on any atom is -0.372 e. The number of hydrogen-bond acceptors (Lipinski definition) is 4. The van der Waals surface area contributed by atoms with Crippen LogP contribution in [0.25, 0.3) is 17.0 Å². The molecule has 4 nitrogen and oxygen atoms in total. The lowest BCUT2D eigenvalue weighted by atomic mass is 9.91. The van der Waals surface area contributed by atoms with Gasteiger partial charge < -0.3 is 9.80 Å². The maximum atomic E-state index is 14.9. The molecule has 4 rings (SSSR count). The van der Waals surface area contributed by atoms with Crippen molar-refractivity contribution < 1.29 is 8.78 Å². The normalized spacial score (nSPS) is 18.3. The Morgan fingerprint density at radius 3 is 2.41 bits per heavy atom. The maximum absolute atomic E-state index is 14.9. The topological polar surface area (TPSA) is 32.3 Å². The van der Waals surface area contributed by atoms with Gasteiger partial charge in [0, 0.05) is 42.7 Å². The Bertz CT molecular complexity index is 953. The fourth-order valence-electron chi connectivity index (χ4n) is 5.19. The molecule has 0 unspecified atom stereocenters. The summed E-state index contributed by atoms with van der Waals surface area (Å²) in [6.45, 7) is 11.9. The Morgan fingerprint density at radius 1 is 1.06 bits per heavy atom. The highest BCUT2D eigenvalue weighted by atomic mass is 19.1. The Kier molecular flexibility index (Phi) is 7.97. The summed E-state index contributed by atoms with van der Waals surface area (Å²) in [5.74, 6) is 0.347. The zero-order valence-electron chi connectivity index (χ0n) is 20.7. The third kappa shape index (κ3) is 6.62. The van der Waals surface area contributed by atoms with Gasteiger partial charge in [-0.05, 0) is 89.9 Å². The molecule has 2 aromatic rings. The second-order valence-corrected chi connectivity index (χ2v) is 10.6. The molecule has 3 heterocycles. The van der Waals surface area contributed by atoms with Crippen molar-refractivity contribution in [3.8, 4) is 11.3 Å². The van der Waals surface area contributed by atoms with Crippen LogP contribution in [0.1, 0.15) is 63.6 Å². The lowest BCUT2D eigenvalue weighted by Gasteiger charge is -2.34. The molecule has 2 aliphatic rings. The number of rotatable bonds is 8. The molecule has 0 aliphatic carbocycles. The maximum Gasteiger partial charge on any atom is 0.133 e.